The maximum Gasteiger partial charge on any atom is 0.345 e. The molecular weight excluding hydrogens is 462 g/mol. The van der Waals surface area contributed by atoms with Crippen molar-refractivity contribution in [1.82, 2.24) is 26.1 Å². The van der Waals surface area contributed by atoms with Crippen molar-refractivity contribution in [3.63, 3.8) is 0 Å². The van der Waals surface area contributed by atoms with E-state index in [0.717, 1.165) is 18.4 Å². The molecule has 10 heteroatoms. The van der Waals surface area contributed by atoms with Gasteiger partial charge in [0.2, 0.25) is 5.91 Å². The number of amides is 4. The number of hydrazine groups is 1. The van der Waals surface area contributed by atoms with Gasteiger partial charge in [0, 0.05) is 18.5 Å². The summed E-state index contributed by atoms with van der Waals surface area (Å²) < 4.78 is 5.66. The lowest BCUT2D eigenvalue weighted by molar-refractivity contribution is -0.153. The van der Waals surface area contributed by atoms with Gasteiger partial charge >= 0.3 is 6.03 Å². The van der Waals surface area contributed by atoms with Crippen molar-refractivity contribution in [3.05, 3.63) is 35.9 Å². The number of nitrogens with one attached hydrogen (secondary N) is 3. The number of fused-ring (bicyclic) bond motifs is 3. The molecule has 1 unspecified atom stereocenters. The second kappa shape index (κ2) is 9.64. The smallest absolute Gasteiger partial charge is 0.345 e. The second-order valence-corrected chi connectivity index (χ2v) is 11.6. The van der Waals surface area contributed by atoms with Gasteiger partial charge in [-0.05, 0) is 63.9 Å². The molecule has 2 saturated heterocycles. The van der Waals surface area contributed by atoms with Crippen molar-refractivity contribution in [2.45, 2.75) is 83.2 Å². The van der Waals surface area contributed by atoms with Gasteiger partial charge in [0.1, 0.15) is 12.6 Å². The number of hydrogen-bond donors (Lipinski definition) is 3. The van der Waals surface area contributed by atoms with E-state index in [1.54, 1.807) is 4.90 Å². The van der Waals surface area contributed by atoms with Crippen LogP contribution in [0.3, 0.4) is 0 Å². The van der Waals surface area contributed by atoms with Gasteiger partial charge in [-0.1, -0.05) is 30.3 Å². The highest BCUT2D eigenvalue weighted by atomic mass is 16.7. The third kappa shape index (κ3) is 5.21. The fraction of sp³-hybridized carbons (Fsp3) is 0.654. The first-order valence-corrected chi connectivity index (χ1v) is 12.9. The molecule has 3 N–H and O–H groups in total. The van der Waals surface area contributed by atoms with E-state index in [1.807, 2.05) is 51.1 Å². The summed E-state index contributed by atoms with van der Waals surface area (Å²) in [7, 11) is 0. The molecule has 4 aliphatic rings. The predicted molar refractivity (Wildman–Crippen MR) is 131 cm³/mol. The molecule has 0 radical (unpaired) electrons. The summed E-state index contributed by atoms with van der Waals surface area (Å²) in [4.78, 5) is 46.3. The van der Waals surface area contributed by atoms with Crippen LogP contribution in [0, 0.1) is 11.3 Å². The van der Waals surface area contributed by atoms with Crippen LogP contribution in [0.25, 0.3) is 0 Å². The van der Waals surface area contributed by atoms with E-state index < -0.39 is 6.04 Å². The van der Waals surface area contributed by atoms with Gasteiger partial charge in [0.15, 0.2) is 0 Å². The zero-order valence-electron chi connectivity index (χ0n) is 21.3. The summed E-state index contributed by atoms with van der Waals surface area (Å²) in [5.74, 6) is -0.703. The van der Waals surface area contributed by atoms with Crippen LogP contribution in [0.15, 0.2) is 30.3 Å². The maximum absolute atomic E-state index is 13.2. The minimum atomic E-state index is -0.618. The van der Waals surface area contributed by atoms with Gasteiger partial charge in [-0.3, -0.25) is 30.6 Å². The quantitative estimate of drug-likeness (QED) is 0.373. The lowest BCUT2D eigenvalue weighted by atomic mass is 9.80. The number of urea groups is 1. The van der Waals surface area contributed by atoms with Crippen molar-refractivity contribution < 1.29 is 24.0 Å². The van der Waals surface area contributed by atoms with E-state index in [-0.39, 0.29) is 46.9 Å². The third-order valence-corrected chi connectivity index (χ3v) is 7.87. The Hall–Kier alpha value is -2.69. The van der Waals surface area contributed by atoms with Crippen LogP contribution >= 0.6 is 0 Å². The maximum atomic E-state index is 13.2. The molecule has 10 nitrogen and oxygen atoms in total. The number of carbonyl (C=O) groups excluding carboxylic acids is 3. The minimum Gasteiger partial charge on any atom is -0.361 e. The van der Waals surface area contributed by atoms with Gasteiger partial charge in [-0.2, -0.15) is 5.06 Å². The largest absolute Gasteiger partial charge is 0.361 e. The summed E-state index contributed by atoms with van der Waals surface area (Å²) in [5.41, 5.74) is 5.85. The average Bonchev–Trinajstić information content (AvgIpc) is 3.52. The van der Waals surface area contributed by atoms with Crippen molar-refractivity contribution in [2.75, 3.05) is 13.3 Å². The van der Waals surface area contributed by atoms with Crippen molar-refractivity contribution in [2.24, 2.45) is 11.3 Å². The van der Waals surface area contributed by atoms with Gasteiger partial charge < -0.3 is 9.64 Å². The molecular formula is C26H37N5O5. The fourth-order valence-corrected chi connectivity index (χ4v) is 5.41. The number of carbonyl (C=O) groups is 3. The van der Waals surface area contributed by atoms with E-state index in [4.69, 9.17) is 9.57 Å². The van der Waals surface area contributed by atoms with E-state index in [1.165, 1.54) is 5.06 Å². The molecule has 196 valence electrons. The van der Waals surface area contributed by atoms with Crippen molar-refractivity contribution >= 4 is 17.8 Å². The van der Waals surface area contributed by atoms with Crippen LogP contribution < -0.4 is 16.2 Å². The van der Waals surface area contributed by atoms with E-state index in [2.05, 4.69) is 16.2 Å². The van der Waals surface area contributed by atoms with E-state index >= 15 is 0 Å². The highest BCUT2D eigenvalue weighted by Gasteiger charge is 2.64. The SMILES string of the molecule is CC(C)(C)OCN[C@H]1C[C@@H](C(=O)NNC(=O)[C@@H]2CC3(CC3)C3CN2C(=O)N3OCc2ccccc2)C1. The number of piperidine rings is 1. The minimum absolute atomic E-state index is 0.0472. The summed E-state index contributed by atoms with van der Waals surface area (Å²) in [6.45, 7) is 7.20. The van der Waals surface area contributed by atoms with Crippen molar-refractivity contribution in [3.8, 4) is 0 Å². The zero-order chi connectivity index (χ0) is 25.5. The number of ether oxygens (including phenoxy) is 1. The van der Waals surface area contributed by atoms with E-state index in [0.29, 0.717) is 39.1 Å². The van der Waals surface area contributed by atoms with Crippen molar-refractivity contribution in [1.29, 1.82) is 0 Å². The molecule has 2 bridgehead atoms. The lowest BCUT2D eigenvalue weighted by Crippen LogP contribution is -2.58. The monoisotopic (exact) mass is 499 g/mol. The third-order valence-electron chi connectivity index (χ3n) is 7.87. The van der Waals surface area contributed by atoms with Crippen LogP contribution in [0.1, 0.15) is 58.4 Å². The fourth-order valence-electron chi connectivity index (χ4n) is 5.41. The summed E-state index contributed by atoms with van der Waals surface area (Å²) >= 11 is 0. The Bertz CT molecular complexity index is 986. The summed E-state index contributed by atoms with van der Waals surface area (Å²) in [5, 5.41) is 4.77. The van der Waals surface area contributed by atoms with E-state index in [9.17, 15) is 14.4 Å². The molecule has 1 spiro atoms. The summed E-state index contributed by atoms with van der Waals surface area (Å²) in [6.07, 6.45) is 3.91. The standard InChI is InChI=1S/C26H37N5O5/c1-25(2,3)35-16-27-19-11-18(12-19)22(32)28-29-23(33)20-13-26(9-10-26)21-14-30(20)24(34)31(21)36-15-17-7-5-4-6-8-17/h4-8,18-21,27H,9-16H2,1-3H3,(H,28,32)(H,29,33)/t18-,19+,20-,21?/m0/s1. The van der Waals surface area contributed by atoms with Crippen LogP contribution in [-0.2, 0) is 25.8 Å². The second-order valence-electron chi connectivity index (χ2n) is 11.6. The number of nitrogens with zero attached hydrogens (tertiary/aromatic N) is 2. The average molecular weight is 500 g/mol. The molecule has 36 heavy (non-hydrogen) atoms. The predicted octanol–water partition coefficient (Wildman–Crippen LogP) is 2.07. The van der Waals surface area contributed by atoms with Crippen LogP contribution in [-0.4, -0.2) is 64.8 Å². The first-order chi connectivity index (χ1) is 17.2. The van der Waals surface area contributed by atoms with Gasteiger partial charge in [0.05, 0.1) is 18.4 Å². The number of hydrogen-bond acceptors (Lipinski definition) is 6. The first-order valence-electron chi connectivity index (χ1n) is 12.9. The Morgan fingerprint density at radius 3 is 2.44 bits per heavy atom. The molecule has 4 amide bonds. The molecule has 2 saturated carbocycles. The number of hydroxylamine groups is 2. The Morgan fingerprint density at radius 1 is 1.08 bits per heavy atom. The number of benzene rings is 1. The van der Waals surface area contributed by atoms with Gasteiger partial charge in [-0.25, -0.2) is 4.79 Å². The summed E-state index contributed by atoms with van der Waals surface area (Å²) in [6, 6.07) is 9.01. The Morgan fingerprint density at radius 2 is 1.78 bits per heavy atom. The first kappa shape index (κ1) is 25.0. The molecule has 4 fully saturated rings. The van der Waals surface area contributed by atoms with Gasteiger partial charge in [0.25, 0.3) is 5.91 Å². The van der Waals surface area contributed by atoms with Crippen LogP contribution in [0.5, 0.6) is 0 Å². The highest BCUT2D eigenvalue weighted by molar-refractivity contribution is 5.90. The normalized spacial score (nSPS) is 28.1. The van der Waals surface area contributed by atoms with Crippen LogP contribution in [0.2, 0.25) is 0 Å². The molecule has 1 aromatic carbocycles. The molecule has 5 rings (SSSR count). The molecule has 0 aromatic heterocycles. The Kier molecular flexibility index (Phi) is 6.69. The Labute approximate surface area is 212 Å². The Balaban J connectivity index is 1.10. The zero-order valence-corrected chi connectivity index (χ0v) is 21.3. The molecule has 2 aliphatic heterocycles. The molecule has 2 atom stereocenters. The van der Waals surface area contributed by atoms with Crippen LogP contribution in [0.4, 0.5) is 4.79 Å². The topological polar surface area (TPSA) is 112 Å². The lowest BCUT2D eigenvalue weighted by Gasteiger charge is -2.37. The highest BCUT2D eigenvalue weighted by Crippen LogP contribution is 2.59. The molecule has 2 aliphatic carbocycles. The molecule has 1 aromatic rings. The molecule has 2 heterocycles. The van der Waals surface area contributed by atoms with Gasteiger partial charge in [-0.15, -0.1) is 0 Å². The number of rotatable bonds is 8.